The molecular weight excluding hydrogens is 252 g/mol. The van der Waals surface area contributed by atoms with Crippen molar-refractivity contribution in [2.24, 2.45) is 5.92 Å². The molecule has 1 saturated heterocycles. The lowest BCUT2D eigenvalue weighted by Gasteiger charge is -2.26. The number of likely N-dealkylation sites (N-methyl/N-ethyl adjacent to an activating group) is 1. The number of carbonyl (C=O) groups is 1. The second-order valence-corrected chi connectivity index (χ2v) is 5.30. The maximum absolute atomic E-state index is 12.0. The fourth-order valence-electron chi connectivity index (χ4n) is 2.33. The molecule has 0 radical (unpaired) electrons. The molecule has 0 aliphatic carbocycles. The number of rotatable bonds is 4. The molecule has 4 nitrogen and oxygen atoms in total. The van der Waals surface area contributed by atoms with Crippen LogP contribution in [-0.4, -0.2) is 37.6 Å². The van der Waals surface area contributed by atoms with E-state index < -0.39 is 0 Å². The van der Waals surface area contributed by atoms with Crippen LogP contribution >= 0.6 is 0 Å². The Morgan fingerprint density at radius 1 is 1.45 bits per heavy atom. The lowest BCUT2D eigenvalue weighted by Crippen LogP contribution is -2.34. The molecule has 0 bridgehead atoms. The van der Waals surface area contributed by atoms with Gasteiger partial charge in [-0.05, 0) is 42.5 Å². The lowest BCUT2D eigenvalue weighted by molar-refractivity contribution is -0.125. The summed E-state index contributed by atoms with van der Waals surface area (Å²) in [6, 6.07) is 7.45. The van der Waals surface area contributed by atoms with E-state index in [4.69, 9.17) is 10.5 Å². The summed E-state index contributed by atoms with van der Waals surface area (Å²) in [4.78, 5) is 13.8. The molecule has 1 aliphatic rings. The molecule has 1 unspecified atom stereocenters. The number of nitrogen functional groups attached to an aromatic ring is 1. The van der Waals surface area contributed by atoms with E-state index >= 15 is 0 Å². The molecule has 1 aliphatic heterocycles. The van der Waals surface area contributed by atoms with Crippen molar-refractivity contribution in [2.75, 3.05) is 32.5 Å². The smallest absolute Gasteiger partial charge is 0.246 e. The first-order valence-corrected chi connectivity index (χ1v) is 7.01. The van der Waals surface area contributed by atoms with Gasteiger partial charge in [0.2, 0.25) is 5.91 Å². The van der Waals surface area contributed by atoms with Crippen molar-refractivity contribution in [1.29, 1.82) is 0 Å². The zero-order valence-electron chi connectivity index (χ0n) is 11.9. The minimum atomic E-state index is 0.0207. The van der Waals surface area contributed by atoms with Gasteiger partial charge in [0.1, 0.15) is 0 Å². The molecule has 1 heterocycles. The van der Waals surface area contributed by atoms with Gasteiger partial charge in [-0.25, -0.2) is 0 Å². The summed E-state index contributed by atoms with van der Waals surface area (Å²) >= 11 is 0. The highest BCUT2D eigenvalue weighted by atomic mass is 16.5. The van der Waals surface area contributed by atoms with Gasteiger partial charge < -0.3 is 15.4 Å². The topological polar surface area (TPSA) is 55.6 Å². The van der Waals surface area contributed by atoms with Crippen molar-refractivity contribution < 1.29 is 9.53 Å². The first-order valence-electron chi connectivity index (χ1n) is 7.01. The van der Waals surface area contributed by atoms with E-state index in [-0.39, 0.29) is 5.91 Å². The Kier molecular flexibility index (Phi) is 5.18. The van der Waals surface area contributed by atoms with Crippen molar-refractivity contribution >= 4 is 17.7 Å². The van der Waals surface area contributed by atoms with Crippen LogP contribution < -0.4 is 5.73 Å². The molecule has 1 aromatic rings. The number of carbonyl (C=O) groups excluding carboxylic acids is 1. The van der Waals surface area contributed by atoms with Crippen molar-refractivity contribution in [3.05, 3.63) is 35.9 Å². The van der Waals surface area contributed by atoms with E-state index in [9.17, 15) is 4.79 Å². The highest BCUT2D eigenvalue weighted by molar-refractivity contribution is 5.91. The van der Waals surface area contributed by atoms with Gasteiger partial charge in [-0.15, -0.1) is 0 Å². The predicted octanol–water partition coefficient (Wildman–Crippen LogP) is 2.17. The molecule has 0 saturated carbocycles. The summed E-state index contributed by atoms with van der Waals surface area (Å²) in [6.45, 7) is 2.37. The molecule has 1 amide bonds. The number of benzene rings is 1. The second kappa shape index (κ2) is 7.10. The number of hydrogen-bond donors (Lipinski definition) is 1. The Morgan fingerprint density at radius 2 is 2.20 bits per heavy atom. The highest BCUT2D eigenvalue weighted by Crippen LogP contribution is 2.14. The van der Waals surface area contributed by atoms with Gasteiger partial charge in [-0.3, -0.25) is 4.79 Å². The standard InChI is InChI=1S/C16H22N2O2/c1-18(11-14-3-2-10-20-12-14)16(19)9-6-13-4-7-15(17)8-5-13/h4-9,14H,2-3,10-12,17H2,1H3/b9-6+. The molecule has 20 heavy (non-hydrogen) atoms. The van der Waals surface area contributed by atoms with Gasteiger partial charge in [-0.1, -0.05) is 12.1 Å². The molecule has 1 fully saturated rings. The zero-order valence-corrected chi connectivity index (χ0v) is 11.9. The van der Waals surface area contributed by atoms with Gasteiger partial charge in [0.15, 0.2) is 0 Å². The Balaban J connectivity index is 1.85. The van der Waals surface area contributed by atoms with E-state index in [1.54, 1.807) is 11.0 Å². The van der Waals surface area contributed by atoms with Crippen LogP contribution in [0, 0.1) is 5.92 Å². The number of amides is 1. The Bertz CT molecular complexity index is 462. The Labute approximate surface area is 120 Å². The Hall–Kier alpha value is -1.81. The molecule has 108 valence electrons. The first-order chi connectivity index (χ1) is 9.65. The molecule has 2 N–H and O–H groups in total. The van der Waals surface area contributed by atoms with Crippen LogP contribution in [0.4, 0.5) is 5.69 Å². The largest absolute Gasteiger partial charge is 0.399 e. The third-order valence-corrected chi connectivity index (χ3v) is 3.52. The highest BCUT2D eigenvalue weighted by Gasteiger charge is 2.17. The van der Waals surface area contributed by atoms with Crippen molar-refractivity contribution in [3.63, 3.8) is 0 Å². The summed E-state index contributed by atoms with van der Waals surface area (Å²) in [5, 5.41) is 0. The number of nitrogens with two attached hydrogens (primary N) is 1. The van der Waals surface area contributed by atoms with Gasteiger partial charge in [0.25, 0.3) is 0 Å². The van der Waals surface area contributed by atoms with Crippen LogP contribution in [-0.2, 0) is 9.53 Å². The third kappa shape index (κ3) is 4.38. The summed E-state index contributed by atoms with van der Waals surface area (Å²) in [7, 11) is 1.84. The maximum atomic E-state index is 12.0. The Morgan fingerprint density at radius 3 is 2.85 bits per heavy atom. The molecule has 0 aromatic heterocycles. The van der Waals surface area contributed by atoms with Gasteiger partial charge in [-0.2, -0.15) is 0 Å². The second-order valence-electron chi connectivity index (χ2n) is 5.30. The van der Waals surface area contributed by atoms with Crippen LogP contribution in [0.1, 0.15) is 18.4 Å². The average molecular weight is 274 g/mol. The zero-order chi connectivity index (χ0) is 14.4. The molecule has 0 spiro atoms. The van der Waals surface area contributed by atoms with E-state index in [2.05, 4.69) is 0 Å². The predicted molar refractivity (Wildman–Crippen MR) is 81.1 cm³/mol. The SMILES string of the molecule is CN(CC1CCCOC1)C(=O)/C=C/c1ccc(N)cc1. The monoisotopic (exact) mass is 274 g/mol. The fourth-order valence-corrected chi connectivity index (χ4v) is 2.33. The summed E-state index contributed by atoms with van der Waals surface area (Å²) in [6.07, 6.45) is 5.65. The summed E-state index contributed by atoms with van der Waals surface area (Å²) in [5.41, 5.74) is 7.32. The molecule has 4 heteroatoms. The van der Waals surface area contributed by atoms with Crippen LogP contribution in [0.3, 0.4) is 0 Å². The van der Waals surface area contributed by atoms with E-state index in [1.807, 2.05) is 37.4 Å². The lowest BCUT2D eigenvalue weighted by atomic mass is 10.0. The van der Waals surface area contributed by atoms with Crippen LogP contribution in [0.2, 0.25) is 0 Å². The first kappa shape index (κ1) is 14.6. The molecule has 1 atom stereocenters. The van der Waals surface area contributed by atoms with Crippen molar-refractivity contribution in [3.8, 4) is 0 Å². The minimum absolute atomic E-state index is 0.0207. The molecular formula is C16H22N2O2. The fraction of sp³-hybridized carbons (Fsp3) is 0.438. The maximum Gasteiger partial charge on any atom is 0.246 e. The van der Waals surface area contributed by atoms with Crippen LogP contribution in [0.25, 0.3) is 6.08 Å². The molecule has 1 aromatic carbocycles. The van der Waals surface area contributed by atoms with E-state index in [0.717, 1.165) is 43.9 Å². The number of nitrogens with zero attached hydrogens (tertiary/aromatic N) is 1. The number of hydrogen-bond acceptors (Lipinski definition) is 3. The van der Waals surface area contributed by atoms with Gasteiger partial charge in [0.05, 0.1) is 6.61 Å². The summed E-state index contributed by atoms with van der Waals surface area (Å²) < 4.78 is 5.44. The minimum Gasteiger partial charge on any atom is -0.399 e. The average Bonchev–Trinajstić information content (AvgIpc) is 2.47. The van der Waals surface area contributed by atoms with Crippen molar-refractivity contribution in [1.82, 2.24) is 4.90 Å². The summed E-state index contributed by atoms with van der Waals surface area (Å²) in [5.74, 6) is 0.482. The quantitative estimate of drug-likeness (QED) is 0.676. The van der Waals surface area contributed by atoms with Gasteiger partial charge in [0, 0.05) is 32.0 Å². The number of ether oxygens (including phenoxy) is 1. The van der Waals surface area contributed by atoms with Crippen molar-refractivity contribution in [2.45, 2.75) is 12.8 Å². The molecule has 2 rings (SSSR count). The van der Waals surface area contributed by atoms with Gasteiger partial charge >= 0.3 is 0 Å². The van der Waals surface area contributed by atoms with E-state index in [1.165, 1.54) is 0 Å². The number of anilines is 1. The third-order valence-electron chi connectivity index (χ3n) is 3.52. The van der Waals surface area contributed by atoms with E-state index in [0.29, 0.717) is 5.92 Å². The normalized spacial score (nSPS) is 19.1. The van der Waals surface area contributed by atoms with Crippen LogP contribution in [0.15, 0.2) is 30.3 Å². The van der Waals surface area contributed by atoms with Crippen LogP contribution in [0.5, 0.6) is 0 Å².